The van der Waals surface area contributed by atoms with E-state index in [1.54, 1.807) is 55.8 Å². The molecule has 0 bridgehead atoms. The van der Waals surface area contributed by atoms with E-state index in [1.807, 2.05) is 65.0 Å². The van der Waals surface area contributed by atoms with Gasteiger partial charge in [-0.2, -0.15) is 5.26 Å². The van der Waals surface area contributed by atoms with Crippen molar-refractivity contribution < 1.29 is 42.5 Å². The third kappa shape index (κ3) is 11.7. The Morgan fingerprint density at radius 3 is 2.26 bits per heavy atom. The highest BCUT2D eigenvalue weighted by atomic mass is 35.5. The number of β-amino-alcohol motifs (C(OH)–C–C–N with tert-alkyl or cyclic N) is 1. The standard InChI is InChI=1S/C53H59ClF2N8O7S/c1-29-44(72-28-61-29)31-11-9-30(10-12-31)24-60-47(68)40-21-35(65)26-64(40)48(69)45(51(2,3)4)62-42(66)27-70-18-17-58-41-16-14-33(25-59-41)43-38(55)19-34(20-39(43)56)46(67)63-49-52(5,6)50(53(49,7)8)71-36-15-13-32(23-57)37(54)22-36/h9-16,19-20,22,25,28,35,40,45,49-50,65H,17-18,21,24,26-27H2,1-8H3,(H,58,59)(H,60,68)(H,62,66)(H,63,67)/t35-,40+,45-,49-,50-/m1/s1. The maximum absolute atomic E-state index is 15.6. The van der Waals surface area contributed by atoms with Gasteiger partial charge >= 0.3 is 0 Å². The minimum Gasteiger partial charge on any atom is -0.489 e. The van der Waals surface area contributed by atoms with Crippen molar-refractivity contribution in [3.63, 3.8) is 0 Å². The van der Waals surface area contributed by atoms with E-state index in [-0.39, 0.29) is 67.1 Å². The number of halogens is 3. The van der Waals surface area contributed by atoms with Gasteiger partial charge in [0.1, 0.15) is 54.1 Å². The van der Waals surface area contributed by atoms with Crippen LogP contribution in [0, 0.1) is 46.1 Å². The van der Waals surface area contributed by atoms with Crippen LogP contribution in [0.25, 0.3) is 21.6 Å². The predicted molar refractivity (Wildman–Crippen MR) is 270 cm³/mol. The lowest BCUT2D eigenvalue weighted by Crippen LogP contribution is -2.74. The van der Waals surface area contributed by atoms with Crippen molar-refractivity contribution >= 4 is 52.4 Å². The van der Waals surface area contributed by atoms with Gasteiger partial charge in [-0.15, -0.1) is 11.3 Å². The van der Waals surface area contributed by atoms with Crippen molar-refractivity contribution in [2.24, 2.45) is 16.2 Å². The first kappa shape index (κ1) is 53.3. The van der Waals surface area contributed by atoms with E-state index in [0.29, 0.717) is 17.1 Å². The molecule has 5 aromatic rings. The minimum atomic E-state index is -1.04. The zero-order valence-corrected chi connectivity index (χ0v) is 42.9. The zero-order valence-electron chi connectivity index (χ0n) is 41.4. The third-order valence-corrected chi connectivity index (χ3v) is 14.6. The topological polar surface area (TPSA) is 208 Å². The molecule has 1 aliphatic carbocycles. The number of likely N-dealkylation sites (tertiary alicyclic amines) is 1. The van der Waals surface area contributed by atoms with Crippen LogP contribution >= 0.6 is 22.9 Å². The van der Waals surface area contributed by atoms with Gasteiger partial charge in [0.15, 0.2) is 0 Å². The fourth-order valence-corrected chi connectivity index (χ4v) is 10.9. The van der Waals surface area contributed by atoms with Crippen LogP contribution in [-0.2, 0) is 25.7 Å². The minimum absolute atomic E-state index is 0.0545. The number of benzene rings is 3. The Morgan fingerprint density at radius 1 is 0.986 bits per heavy atom. The Hall–Kier alpha value is -6.52. The number of pyridine rings is 1. The van der Waals surface area contributed by atoms with Crippen LogP contribution in [0.4, 0.5) is 14.6 Å². The average Bonchev–Trinajstić information content (AvgIpc) is 3.95. The number of thiazole rings is 1. The second-order valence-corrected chi connectivity index (χ2v) is 21.7. The molecule has 3 atom stereocenters. The summed E-state index contributed by atoms with van der Waals surface area (Å²) >= 11 is 7.76. The smallest absolute Gasteiger partial charge is 0.251 e. The number of aliphatic hydroxyl groups is 1. The lowest BCUT2D eigenvalue weighted by atomic mass is 9.49. The highest BCUT2D eigenvalue weighted by Crippen LogP contribution is 2.55. The summed E-state index contributed by atoms with van der Waals surface area (Å²) in [7, 11) is 0. The first-order chi connectivity index (χ1) is 34.0. The van der Waals surface area contributed by atoms with Gasteiger partial charge in [0.2, 0.25) is 17.7 Å². The summed E-state index contributed by atoms with van der Waals surface area (Å²) in [6, 6.07) is 17.2. The second kappa shape index (κ2) is 21.7. The summed E-state index contributed by atoms with van der Waals surface area (Å²) in [4.78, 5) is 65.0. The number of anilines is 1. The van der Waals surface area contributed by atoms with E-state index in [9.17, 15) is 29.5 Å². The van der Waals surface area contributed by atoms with Crippen molar-refractivity contribution in [1.82, 2.24) is 30.8 Å². The number of ether oxygens (including phenoxy) is 2. The molecule has 0 spiro atoms. The molecule has 1 saturated carbocycles. The number of amides is 4. The van der Waals surface area contributed by atoms with Gasteiger partial charge in [-0.25, -0.2) is 18.7 Å². The van der Waals surface area contributed by atoms with E-state index < -0.39 is 75.7 Å². The van der Waals surface area contributed by atoms with Gasteiger partial charge in [-0.1, -0.05) is 84.3 Å². The molecule has 1 aliphatic heterocycles. The summed E-state index contributed by atoms with van der Waals surface area (Å²) in [5.74, 6) is -3.18. The Bertz CT molecular complexity index is 2830. The molecular weight excluding hydrogens is 966 g/mol. The normalized spacial score (nSPS) is 19.3. The number of hydrogen-bond donors (Lipinski definition) is 5. The number of nitrogens with zero attached hydrogens (tertiary/aromatic N) is 4. The highest BCUT2D eigenvalue weighted by Gasteiger charge is 2.64. The number of carbonyl (C=O) groups excluding carboxylic acids is 4. The summed E-state index contributed by atoms with van der Waals surface area (Å²) in [6.45, 7) is 15.0. The molecule has 0 radical (unpaired) electrons. The van der Waals surface area contributed by atoms with Gasteiger partial charge in [0.05, 0.1) is 44.9 Å². The molecule has 3 heterocycles. The van der Waals surface area contributed by atoms with Crippen LogP contribution in [0.15, 0.2) is 78.4 Å². The van der Waals surface area contributed by atoms with E-state index in [2.05, 4.69) is 31.2 Å². The molecule has 15 nitrogen and oxygen atoms in total. The SMILES string of the molecule is Cc1ncsc1-c1ccc(CNC(=O)[C@@H]2C[C@@H](O)CN2C(=O)[C@@H](NC(=O)COCCNc2ccc(-c3c(F)cc(C(=O)N[C@H]4C(C)(C)[C@H](Oc5ccc(C#N)c(Cl)c5)C4(C)C)cc3F)cn2)C(C)(C)C)cc1. The fourth-order valence-electron chi connectivity index (χ4n) is 9.84. The molecule has 7 rings (SSSR count). The van der Waals surface area contributed by atoms with Crippen molar-refractivity contribution in [2.75, 3.05) is 31.6 Å². The summed E-state index contributed by atoms with van der Waals surface area (Å²) in [5.41, 5.74) is 2.58. The molecular formula is C53H59ClF2N8O7S. The quantitative estimate of drug-likeness (QED) is 0.0567. The first-order valence-corrected chi connectivity index (χ1v) is 24.7. The van der Waals surface area contributed by atoms with Crippen molar-refractivity contribution in [2.45, 2.75) is 98.7 Å². The Labute approximate surface area is 426 Å². The number of nitrogens with one attached hydrogen (secondary N) is 4. The largest absolute Gasteiger partial charge is 0.489 e. The third-order valence-electron chi connectivity index (χ3n) is 13.3. The number of aryl methyl sites for hydroxylation is 1. The highest BCUT2D eigenvalue weighted by molar-refractivity contribution is 7.13. The van der Waals surface area contributed by atoms with Crippen LogP contribution in [-0.4, -0.2) is 100 Å². The molecule has 1 saturated heterocycles. The number of nitriles is 1. The average molecular weight is 1030 g/mol. The van der Waals surface area contributed by atoms with E-state index in [1.165, 1.54) is 23.2 Å². The lowest BCUT2D eigenvalue weighted by Gasteiger charge is -2.63. The second-order valence-electron chi connectivity index (χ2n) is 20.5. The molecule has 2 aliphatic rings. The Kier molecular flexibility index (Phi) is 16.0. The van der Waals surface area contributed by atoms with E-state index in [4.69, 9.17) is 21.1 Å². The number of carbonyl (C=O) groups is 4. The van der Waals surface area contributed by atoms with Crippen molar-refractivity contribution in [3.05, 3.63) is 117 Å². The van der Waals surface area contributed by atoms with E-state index >= 15 is 8.78 Å². The van der Waals surface area contributed by atoms with Gasteiger partial charge in [-0.05, 0) is 59.9 Å². The molecule has 4 amide bonds. The number of hydrogen-bond acceptors (Lipinski definition) is 12. The molecule has 3 aromatic carbocycles. The lowest BCUT2D eigenvalue weighted by molar-refractivity contribution is -0.164. The van der Waals surface area contributed by atoms with Gasteiger partial charge in [0, 0.05) is 66.3 Å². The predicted octanol–water partition coefficient (Wildman–Crippen LogP) is 7.83. The van der Waals surface area contributed by atoms with Crippen LogP contribution in [0.2, 0.25) is 5.02 Å². The maximum atomic E-state index is 15.6. The van der Waals surface area contributed by atoms with Gasteiger partial charge < -0.3 is 40.7 Å². The Balaban J connectivity index is 0.866. The molecule has 2 fully saturated rings. The molecule has 380 valence electrons. The van der Waals surface area contributed by atoms with Crippen LogP contribution in [0.1, 0.15) is 82.1 Å². The maximum Gasteiger partial charge on any atom is 0.251 e. The first-order valence-electron chi connectivity index (χ1n) is 23.5. The monoisotopic (exact) mass is 1020 g/mol. The molecule has 5 N–H and O–H groups in total. The summed E-state index contributed by atoms with van der Waals surface area (Å²) in [5, 5.41) is 31.7. The number of rotatable bonds is 17. The molecule has 19 heteroatoms. The fraction of sp³-hybridized carbons (Fsp3) is 0.415. The summed E-state index contributed by atoms with van der Waals surface area (Å²) < 4.78 is 43.1. The van der Waals surface area contributed by atoms with Crippen molar-refractivity contribution in [1.29, 1.82) is 5.26 Å². The van der Waals surface area contributed by atoms with Gasteiger partial charge in [0.25, 0.3) is 5.91 Å². The van der Waals surface area contributed by atoms with Crippen LogP contribution in [0.3, 0.4) is 0 Å². The van der Waals surface area contributed by atoms with Gasteiger partial charge in [-0.3, -0.25) is 19.2 Å². The van der Waals surface area contributed by atoms with Crippen LogP contribution in [0.5, 0.6) is 5.75 Å². The van der Waals surface area contributed by atoms with Crippen LogP contribution < -0.4 is 26.0 Å². The molecule has 2 aromatic heterocycles. The van der Waals surface area contributed by atoms with E-state index in [0.717, 1.165) is 33.8 Å². The number of aromatic nitrogens is 2. The number of aliphatic hydroxyl groups excluding tert-OH is 1. The molecule has 0 unspecified atom stereocenters. The Morgan fingerprint density at radius 2 is 1.67 bits per heavy atom. The van der Waals surface area contributed by atoms with Crippen molar-refractivity contribution in [3.8, 4) is 33.4 Å². The molecule has 72 heavy (non-hydrogen) atoms. The zero-order chi connectivity index (χ0) is 52.3. The summed E-state index contributed by atoms with van der Waals surface area (Å²) in [6.07, 6.45) is 0.0541.